The molecular weight excluding hydrogens is 240 g/mol. The highest BCUT2D eigenvalue weighted by molar-refractivity contribution is 5.39. The summed E-state index contributed by atoms with van der Waals surface area (Å²) >= 11 is 0. The molecule has 0 unspecified atom stereocenters. The lowest BCUT2D eigenvalue weighted by Crippen LogP contribution is -2.00. The van der Waals surface area contributed by atoms with Crippen molar-refractivity contribution in [2.45, 2.75) is 6.42 Å². The molecule has 0 amide bonds. The highest BCUT2D eigenvalue weighted by atomic mass is 16.5. The Kier molecular flexibility index (Phi) is 4.60. The fourth-order valence-corrected chi connectivity index (χ4v) is 1.69. The Morgan fingerprint density at radius 2 is 2.32 bits per heavy atom. The van der Waals surface area contributed by atoms with E-state index in [0.29, 0.717) is 6.61 Å². The van der Waals surface area contributed by atoms with Gasteiger partial charge in [0.05, 0.1) is 12.8 Å². The maximum Gasteiger partial charge on any atom is 0.120 e. The van der Waals surface area contributed by atoms with Gasteiger partial charge in [0.25, 0.3) is 0 Å². The molecule has 1 N–H and O–H groups in total. The molecule has 4 nitrogen and oxygen atoms in total. The number of ether oxygens (including phenoxy) is 1. The molecule has 0 atom stereocenters. The van der Waals surface area contributed by atoms with Crippen LogP contribution in [0.25, 0.3) is 0 Å². The molecule has 0 spiro atoms. The highest BCUT2D eigenvalue weighted by Gasteiger charge is 1.98. The van der Waals surface area contributed by atoms with Crippen molar-refractivity contribution in [1.82, 2.24) is 9.78 Å². The quantitative estimate of drug-likeness (QED) is 0.841. The molecule has 0 saturated carbocycles. The average Bonchev–Trinajstić information content (AvgIpc) is 2.83. The molecule has 1 aromatic heterocycles. The van der Waals surface area contributed by atoms with Gasteiger partial charge in [0, 0.05) is 25.2 Å². The summed E-state index contributed by atoms with van der Waals surface area (Å²) in [5, 5.41) is 12.8. The van der Waals surface area contributed by atoms with Gasteiger partial charge in [-0.3, -0.25) is 4.68 Å². The monoisotopic (exact) mass is 256 g/mol. The SMILES string of the molecule is Cn1cc(CCOc2cccc(C#CCO)c2)cn1. The molecule has 2 rings (SSSR count). The van der Waals surface area contributed by atoms with Gasteiger partial charge < -0.3 is 9.84 Å². The standard InChI is InChI=1S/C15H16N2O2/c1-17-12-14(11-16-17)7-9-19-15-6-2-4-13(10-15)5-3-8-18/h2,4,6,10-12,18H,7-9H2,1H3. The predicted molar refractivity (Wildman–Crippen MR) is 72.8 cm³/mol. The lowest BCUT2D eigenvalue weighted by atomic mass is 10.2. The molecule has 19 heavy (non-hydrogen) atoms. The largest absolute Gasteiger partial charge is 0.493 e. The van der Waals surface area contributed by atoms with E-state index in [-0.39, 0.29) is 6.61 Å². The Bertz CT molecular complexity index is 593. The van der Waals surface area contributed by atoms with E-state index in [9.17, 15) is 0 Å². The van der Waals surface area contributed by atoms with Crippen molar-refractivity contribution in [2.75, 3.05) is 13.2 Å². The van der Waals surface area contributed by atoms with Gasteiger partial charge in [-0.1, -0.05) is 17.9 Å². The Hall–Kier alpha value is -2.25. The second kappa shape index (κ2) is 6.62. The third kappa shape index (κ3) is 4.16. The van der Waals surface area contributed by atoms with Crippen LogP contribution in [0.2, 0.25) is 0 Å². The summed E-state index contributed by atoms with van der Waals surface area (Å²) < 4.78 is 7.45. The number of aliphatic hydroxyl groups excluding tert-OH is 1. The lowest BCUT2D eigenvalue weighted by Gasteiger charge is -2.05. The van der Waals surface area contributed by atoms with Crippen LogP contribution in [0, 0.1) is 11.8 Å². The molecule has 2 aromatic rings. The van der Waals surface area contributed by atoms with Crippen molar-refractivity contribution in [3.8, 4) is 17.6 Å². The van der Waals surface area contributed by atoms with E-state index < -0.39 is 0 Å². The fourth-order valence-electron chi connectivity index (χ4n) is 1.69. The van der Waals surface area contributed by atoms with Gasteiger partial charge in [-0.15, -0.1) is 0 Å². The van der Waals surface area contributed by atoms with Crippen LogP contribution in [0.15, 0.2) is 36.7 Å². The molecule has 4 heteroatoms. The van der Waals surface area contributed by atoms with Crippen molar-refractivity contribution in [3.05, 3.63) is 47.8 Å². The summed E-state index contributed by atoms with van der Waals surface area (Å²) in [5.74, 6) is 6.25. The molecule has 98 valence electrons. The third-order valence-electron chi connectivity index (χ3n) is 2.56. The van der Waals surface area contributed by atoms with Crippen molar-refractivity contribution >= 4 is 0 Å². The first-order valence-corrected chi connectivity index (χ1v) is 6.08. The number of aryl methyl sites for hydroxylation is 1. The Labute approximate surface area is 112 Å². The minimum atomic E-state index is -0.133. The zero-order valence-corrected chi connectivity index (χ0v) is 10.8. The molecular formula is C15H16N2O2. The number of aliphatic hydroxyl groups is 1. The van der Waals surface area contributed by atoms with E-state index >= 15 is 0 Å². The summed E-state index contributed by atoms with van der Waals surface area (Å²) in [6.45, 7) is 0.467. The van der Waals surface area contributed by atoms with Crippen LogP contribution in [0.1, 0.15) is 11.1 Å². The Balaban J connectivity index is 1.89. The van der Waals surface area contributed by atoms with E-state index in [0.717, 1.165) is 23.3 Å². The van der Waals surface area contributed by atoms with Crippen molar-refractivity contribution in [1.29, 1.82) is 0 Å². The molecule has 0 aliphatic carbocycles. The Morgan fingerprint density at radius 3 is 3.05 bits per heavy atom. The average molecular weight is 256 g/mol. The van der Waals surface area contributed by atoms with E-state index in [1.54, 1.807) is 4.68 Å². The summed E-state index contributed by atoms with van der Waals surface area (Å²) in [5.41, 5.74) is 1.99. The number of hydrogen-bond donors (Lipinski definition) is 1. The van der Waals surface area contributed by atoms with E-state index in [2.05, 4.69) is 16.9 Å². The van der Waals surface area contributed by atoms with Crippen LogP contribution in [-0.4, -0.2) is 28.1 Å². The minimum absolute atomic E-state index is 0.133. The van der Waals surface area contributed by atoms with Crippen LogP contribution >= 0.6 is 0 Å². The topological polar surface area (TPSA) is 47.3 Å². The van der Waals surface area contributed by atoms with Crippen LogP contribution in [0.3, 0.4) is 0 Å². The highest BCUT2D eigenvalue weighted by Crippen LogP contribution is 2.13. The minimum Gasteiger partial charge on any atom is -0.493 e. The normalized spacial score (nSPS) is 9.79. The molecule has 0 aliphatic rings. The summed E-state index contributed by atoms with van der Waals surface area (Å²) in [4.78, 5) is 0. The Morgan fingerprint density at radius 1 is 1.42 bits per heavy atom. The smallest absolute Gasteiger partial charge is 0.120 e. The van der Waals surface area contributed by atoms with E-state index in [1.807, 2.05) is 43.7 Å². The van der Waals surface area contributed by atoms with Gasteiger partial charge in [0.2, 0.25) is 0 Å². The maximum atomic E-state index is 8.65. The van der Waals surface area contributed by atoms with Gasteiger partial charge in [-0.2, -0.15) is 5.10 Å². The van der Waals surface area contributed by atoms with Gasteiger partial charge in [-0.05, 0) is 23.8 Å². The first kappa shape index (κ1) is 13.2. The molecule has 1 aromatic carbocycles. The molecule has 0 aliphatic heterocycles. The lowest BCUT2D eigenvalue weighted by molar-refractivity contribution is 0.322. The maximum absolute atomic E-state index is 8.65. The number of rotatable bonds is 4. The van der Waals surface area contributed by atoms with Crippen molar-refractivity contribution < 1.29 is 9.84 Å². The van der Waals surface area contributed by atoms with Crippen LogP contribution in [0.4, 0.5) is 0 Å². The predicted octanol–water partition coefficient (Wildman–Crippen LogP) is 1.39. The van der Waals surface area contributed by atoms with Crippen molar-refractivity contribution in [2.24, 2.45) is 7.05 Å². The number of aromatic nitrogens is 2. The van der Waals surface area contributed by atoms with E-state index in [4.69, 9.17) is 9.84 Å². The molecule has 0 fully saturated rings. The first-order chi connectivity index (χ1) is 9.28. The molecule has 1 heterocycles. The fraction of sp³-hybridized carbons (Fsp3) is 0.267. The number of nitrogens with zero attached hydrogens (tertiary/aromatic N) is 2. The number of hydrogen-bond acceptors (Lipinski definition) is 3. The van der Waals surface area contributed by atoms with Crippen LogP contribution in [-0.2, 0) is 13.5 Å². The summed E-state index contributed by atoms with van der Waals surface area (Å²) in [6.07, 6.45) is 4.64. The zero-order valence-electron chi connectivity index (χ0n) is 10.8. The van der Waals surface area contributed by atoms with Gasteiger partial charge in [0.15, 0.2) is 0 Å². The van der Waals surface area contributed by atoms with Crippen LogP contribution in [0.5, 0.6) is 5.75 Å². The number of benzene rings is 1. The van der Waals surface area contributed by atoms with Gasteiger partial charge in [0.1, 0.15) is 12.4 Å². The molecule has 0 bridgehead atoms. The van der Waals surface area contributed by atoms with Crippen LogP contribution < -0.4 is 4.74 Å². The molecule has 0 saturated heterocycles. The van der Waals surface area contributed by atoms with E-state index in [1.165, 1.54) is 0 Å². The van der Waals surface area contributed by atoms with Gasteiger partial charge in [-0.25, -0.2) is 0 Å². The zero-order chi connectivity index (χ0) is 13.5. The van der Waals surface area contributed by atoms with Gasteiger partial charge >= 0.3 is 0 Å². The first-order valence-electron chi connectivity index (χ1n) is 6.08. The van der Waals surface area contributed by atoms with Crippen molar-refractivity contribution in [3.63, 3.8) is 0 Å². The summed E-state index contributed by atoms with van der Waals surface area (Å²) in [6, 6.07) is 7.54. The second-order valence-corrected chi connectivity index (χ2v) is 4.11. The molecule has 0 radical (unpaired) electrons. The second-order valence-electron chi connectivity index (χ2n) is 4.11. The summed E-state index contributed by atoms with van der Waals surface area (Å²) in [7, 11) is 1.90. The third-order valence-corrected chi connectivity index (χ3v) is 2.56.